The summed E-state index contributed by atoms with van der Waals surface area (Å²) in [6.07, 6.45) is 2.60. The molecule has 0 aromatic carbocycles. The highest BCUT2D eigenvalue weighted by Gasteiger charge is 2.21. The summed E-state index contributed by atoms with van der Waals surface area (Å²) in [5.41, 5.74) is 0. The second-order valence-electron chi connectivity index (χ2n) is 4.36. The Bertz CT molecular complexity index is 192. The van der Waals surface area contributed by atoms with Crippen LogP contribution in [-0.2, 0) is 9.53 Å². The van der Waals surface area contributed by atoms with Crippen molar-refractivity contribution in [2.24, 2.45) is 5.92 Å². The number of amides is 1. The third-order valence-electron chi connectivity index (χ3n) is 2.63. The van der Waals surface area contributed by atoms with Gasteiger partial charge in [0.1, 0.15) is 0 Å². The van der Waals surface area contributed by atoms with Crippen LogP contribution in [0.3, 0.4) is 0 Å². The smallest absolute Gasteiger partial charge is 0.219 e. The molecule has 1 heterocycles. The predicted molar refractivity (Wildman–Crippen MR) is 56.1 cm³/mol. The molecule has 3 heteroatoms. The summed E-state index contributed by atoms with van der Waals surface area (Å²) in [5, 5.41) is 0. The van der Waals surface area contributed by atoms with Crippen molar-refractivity contribution in [3.63, 3.8) is 0 Å². The van der Waals surface area contributed by atoms with Crippen LogP contribution in [0.1, 0.15) is 33.6 Å². The van der Waals surface area contributed by atoms with Crippen LogP contribution in [0.25, 0.3) is 0 Å². The molecule has 0 spiro atoms. The lowest BCUT2D eigenvalue weighted by molar-refractivity contribution is -0.131. The number of hydrogen-bond donors (Lipinski definition) is 0. The van der Waals surface area contributed by atoms with Gasteiger partial charge < -0.3 is 9.64 Å². The van der Waals surface area contributed by atoms with Gasteiger partial charge in [-0.15, -0.1) is 0 Å². The third-order valence-corrected chi connectivity index (χ3v) is 2.63. The van der Waals surface area contributed by atoms with E-state index >= 15 is 0 Å². The molecule has 0 aromatic heterocycles. The maximum atomic E-state index is 11.2. The minimum atomic E-state index is 0.194. The van der Waals surface area contributed by atoms with E-state index in [9.17, 15) is 4.79 Å². The average Bonchev–Trinajstić information content (AvgIpc) is 2.15. The van der Waals surface area contributed by atoms with Crippen LogP contribution in [0.15, 0.2) is 0 Å². The number of nitrogens with zero attached hydrogens (tertiary/aromatic N) is 1. The Morgan fingerprint density at radius 3 is 2.86 bits per heavy atom. The maximum Gasteiger partial charge on any atom is 0.219 e. The minimum absolute atomic E-state index is 0.194. The monoisotopic (exact) mass is 199 g/mol. The van der Waals surface area contributed by atoms with Crippen molar-refractivity contribution in [1.29, 1.82) is 0 Å². The Morgan fingerprint density at radius 2 is 2.29 bits per heavy atom. The molecule has 0 bridgehead atoms. The molecular weight excluding hydrogens is 178 g/mol. The number of hydrogen-bond acceptors (Lipinski definition) is 2. The normalized spacial score (nSPS) is 22.9. The molecule has 1 rings (SSSR count). The van der Waals surface area contributed by atoms with Crippen molar-refractivity contribution in [2.75, 3.05) is 19.7 Å². The highest BCUT2D eigenvalue weighted by atomic mass is 16.5. The summed E-state index contributed by atoms with van der Waals surface area (Å²) >= 11 is 0. The fourth-order valence-corrected chi connectivity index (χ4v) is 1.82. The van der Waals surface area contributed by atoms with Crippen molar-refractivity contribution in [1.82, 2.24) is 4.90 Å². The van der Waals surface area contributed by atoms with E-state index in [2.05, 4.69) is 0 Å². The van der Waals surface area contributed by atoms with Gasteiger partial charge in [-0.25, -0.2) is 0 Å². The summed E-state index contributed by atoms with van der Waals surface area (Å²) < 4.78 is 5.57. The highest BCUT2D eigenvalue weighted by Crippen LogP contribution is 2.17. The molecule has 3 nitrogen and oxygen atoms in total. The lowest BCUT2D eigenvalue weighted by Gasteiger charge is -2.32. The summed E-state index contributed by atoms with van der Waals surface area (Å²) in [4.78, 5) is 13.1. The van der Waals surface area contributed by atoms with Gasteiger partial charge in [0.2, 0.25) is 5.91 Å². The first-order valence-electron chi connectivity index (χ1n) is 5.46. The Labute approximate surface area is 86.4 Å². The van der Waals surface area contributed by atoms with Crippen LogP contribution in [0.4, 0.5) is 0 Å². The first-order valence-corrected chi connectivity index (χ1v) is 5.46. The summed E-state index contributed by atoms with van der Waals surface area (Å²) in [6, 6.07) is 0. The Hall–Kier alpha value is -0.570. The molecule has 0 N–H and O–H groups in total. The number of carbonyl (C=O) groups excluding carboxylic acids is 1. The van der Waals surface area contributed by atoms with Crippen LogP contribution in [0.5, 0.6) is 0 Å². The zero-order valence-electron chi connectivity index (χ0n) is 9.45. The van der Waals surface area contributed by atoms with Crippen molar-refractivity contribution in [3.05, 3.63) is 0 Å². The molecule has 1 fully saturated rings. The standard InChI is InChI=1S/C11H21NO2/c1-9(2)14-8-11-5-4-6-12(7-11)10(3)13/h9,11H,4-8H2,1-3H3. The summed E-state index contributed by atoms with van der Waals surface area (Å²) in [5.74, 6) is 0.731. The number of ether oxygens (including phenoxy) is 1. The van der Waals surface area contributed by atoms with Gasteiger partial charge in [-0.1, -0.05) is 0 Å². The second-order valence-corrected chi connectivity index (χ2v) is 4.36. The molecule has 0 radical (unpaired) electrons. The molecular formula is C11H21NO2. The molecule has 1 aliphatic heterocycles. The topological polar surface area (TPSA) is 29.5 Å². The first-order chi connectivity index (χ1) is 6.59. The van der Waals surface area contributed by atoms with Gasteiger partial charge in [-0.3, -0.25) is 4.79 Å². The van der Waals surface area contributed by atoms with Crippen LogP contribution in [-0.4, -0.2) is 36.6 Å². The van der Waals surface area contributed by atoms with E-state index in [1.165, 1.54) is 6.42 Å². The van der Waals surface area contributed by atoms with Gasteiger partial charge in [0.15, 0.2) is 0 Å². The van der Waals surface area contributed by atoms with Gasteiger partial charge in [0.05, 0.1) is 12.7 Å². The van der Waals surface area contributed by atoms with Crippen molar-refractivity contribution in [2.45, 2.75) is 39.7 Å². The second kappa shape index (κ2) is 5.35. The third kappa shape index (κ3) is 3.66. The Kier molecular flexibility index (Phi) is 4.39. The van der Waals surface area contributed by atoms with Gasteiger partial charge in [0.25, 0.3) is 0 Å². The lowest BCUT2D eigenvalue weighted by atomic mass is 9.99. The number of likely N-dealkylation sites (tertiary alicyclic amines) is 1. The van der Waals surface area contributed by atoms with Crippen LogP contribution >= 0.6 is 0 Å². The van der Waals surface area contributed by atoms with Crippen molar-refractivity contribution in [3.8, 4) is 0 Å². The zero-order chi connectivity index (χ0) is 10.6. The van der Waals surface area contributed by atoms with E-state index in [0.717, 1.165) is 26.1 Å². The van der Waals surface area contributed by atoms with E-state index in [0.29, 0.717) is 12.0 Å². The molecule has 1 unspecified atom stereocenters. The maximum absolute atomic E-state index is 11.2. The van der Waals surface area contributed by atoms with E-state index in [4.69, 9.17) is 4.74 Å². The minimum Gasteiger partial charge on any atom is -0.378 e. The molecule has 1 atom stereocenters. The molecule has 82 valence electrons. The van der Waals surface area contributed by atoms with Gasteiger partial charge in [0, 0.05) is 20.0 Å². The van der Waals surface area contributed by atoms with Crippen molar-refractivity contribution < 1.29 is 9.53 Å². The lowest BCUT2D eigenvalue weighted by Crippen LogP contribution is -2.40. The fourth-order valence-electron chi connectivity index (χ4n) is 1.82. The van der Waals surface area contributed by atoms with Gasteiger partial charge >= 0.3 is 0 Å². The molecule has 1 aliphatic rings. The number of carbonyl (C=O) groups is 1. The average molecular weight is 199 g/mol. The fraction of sp³-hybridized carbons (Fsp3) is 0.909. The van der Waals surface area contributed by atoms with Crippen LogP contribution in [0, 0.1) is 5.92 Å². The van der Waals surface area contributed by atoms with Gasteiger partial charge in [-0.05, 0) is 32.6 Å². The Balaban J connectivity index is 2.29. The summed E-state index contributed by atoms with van der Waals surface area (Å²) in [6.45, 7) is 8.33. The number of piperidine rings is 1. The van der Waals surface area contributed by atoms with Crippen LogP contribution in [0.2, 0.25) is 0 Å². The molecule has 1 saturated heterocycles. The van der Waals surface area contributed by atoms with E-state index in [1.807, 2.05) is 18.7 Å². The molecule has 0 aliphatic carbocycles. The highest BCUT2D eigenvalue weighted by molar-refractivity contribution is 5.73. The molecule has 14 heavy (non-hydrogen) atoms. The Morgan fingerprint density at radius 1 is 1.57 bits per heavy atom. The van der Waals surface area contributed by atoms with E-state index in [1.54, 1.807) is 6.92 Å². The van der Waals surface area contributed by atoms with Gasteiger partial charge in [-0.2, -0.15) is 0 Å². The largest absolute Gasteiger partial charge is 0.378 e. The first kappa shape index (κ1) is 11.5. The van der Waals surface area contributed by atoms with Crippen molar-refractivity contribution >= 4 is 5.91 Å². The SMILES string of the molecule is CC(=O)N1CCCC(COC(C)C)C1. The molecule has 0 aromatic rings. The quantitative estimate of drug-likeness (QED) is 0.692. The molecule has 0 saturated carbocycles. The number of rotatable bonds is 3. The zero-order valence-corrected chi connectivity index (χ0v) is 9.45. The predicted octanol–water partition coefficient (Wildman–Crippen LogP) is 1.67. The summed E-state index contributed by atoms with van der Waals surface area (Å²) in [7, 11) is 0. The molecule has 1 amide bonds. The van der Waals surface area contributed by atoms with E-state index < -0.39 is 0 Å². The van der Waals surface area contributed by atoms with E-state index in [-0.39, 0.29) is 5.91 Å². The van der Waals surface area contributed by atoms with Crippen LogP contribution < -0.4 is 0 Å².